The predicted molar refractivity (Wildman–Crippen MR) is 97.9 cm³/mol. The van der Waals surface area contributed by atoms with Gasteiger partial charge in [-0.2, -0.15) is 5.10 Å². The van der Waals surface area contributed by atoms with Gasteiger partial charge in [0.25, 0.3) is 5.56 Å². The van der Waals surface area contributed by atoms with Crippen LogP contribution >= 0.6 is 15.9 Å². The van der Waals surface area contributed by atoms with Crippen LogP contribution in [0, 0.1) is 0 Å². The van der Waals surface area contributed by atoms with Gasteiger partial charge in [-0.3, -0.25) is 9.59 Å². The molecule has 0 bridgehead atoms. The maximum absolute atomic E-state index is 12.0. The van der Waals surface area contributed by atoms with E-state index in [1.165, 1.54) is 6.07 Å². The Hall–Kier alpha value is -2.73. The first kappa shape index (κ1) is 17.1. The van der Waals surface area contributed by atoms with Gasteiger partial charge in [0.2, 0.25) is 0 Å². The molecule has 0 aliphatic rings. The molecule has 25 heavy (non-hydrogen) atoms. The molecule has 5 nitrogen and oxygen atoms in total. The largest absolute Gasteiger partial charge is 0.459 e. The summed E-state index contributed by atoms with van der Waals surface area (Å²) in [5.74, 6) is -0.508. The van der Waals surface area contributed by atoms with Gasteiger partial charge in [0.1, 0.15) is 13.2 Å². The Bertz CT molecular complexity index is 921. The highest BCUT2D eigenvalue weighted by Gasteiger charge is 2.09. The van der Waals surface area contributed by atoms with Crippen molar-refractivity contribution >= 4 is 21.9 Å². The van der Waals surface area contributed by atoms with Crippen LogP contribution in [0.25, 0.3) is 11.3 Å². The monoisotopic (exact) mass is 398 g/mol. The van der Waals surface area contributed by atoms with Crippen LogP contribution < -0.4 is 5.56 Å². The number of carbonyl (C=O) groups is 1. The van der Waals surface area contributed by atoms with Crippen LogP contribution in [0.5, 0.6) is 0 Å². The first-order valence-electron chi connectivity index (χ1n) is 7.65. The molecule has 0 N–H and O–H groups in total. The molecule has 0 atom stereocenters. The fourth-order valence-corrected chi connectivity index (χ4v) is 2.51. The van der Waals surface area contributed by atoms with E-state index in [1.54, 1.807) is 6.07 Å². The van der Waals surface area contributed by atoms with Crippen molar-refractivity contribution in [1.82, 2.24) is 9.78 Å². The molecule has 0 radical (unpaired) electrons. The summed E-state index contributed by atoms with van der Waals surface area (Å²) in [6, 6.07) is 19.9. The van der Waals surface area contributed by atoms with Gasteiger partial charge in [-0.05, 0) is 23.8 Å². The van der Waals surface area contributed by atoms with Crippen molar-refractivity contribution in [3.63, 3.8) is 0 Å². The Balaban J connectivity index is 1.71. The zero-order valence-corrected chi connectivity index (χ0v) is 14.8. The van der Waals surface area contributed by atoms with E-state index in [2.05, 4.69) is 21.0 Å². The molecule has 1 aromatic heterocycles. The van der Waals surface area contributed by atoms with Gasteiger partial charge in [0.15, 0.2) is 0 Å². The quantitative estimate of drug-likeness (QED) is 0.617. The standard InChI is InChI=1S/C19H15BrN2O3/c20-16-8-6-15(7-9-16)17-10-11-18(23)22(21-17)12-19(24)25-13-14-4-2-1-3-5-14/h1-11H,12-13H2. The van der Waals surface area contributed by atoms with E-state index in [0.29, 0.717) is 5.69 Å². The lowest BCUT2D eigenvalue weighted by Crippen LogP contribution is -2.27. The number of halogens is 1. The van der Waals surface area contributed by atoms with E-state index in [9.17, 15) is 9.59 Å². The summed E-state index contributed by atoms with van der Waals surface area (Å²) in [6.45, 7) is -0.0587. The smallest absolute Gasteiger partial charge is 0.328 e. The van der Waals surface area contributed by atoms with Crippen LogP contribution in [-0.4, -0.2) is 15.7 Å². The van der Waals surface area contributed by atoms with Crippen molar-refractivity contribution in [2.75, 3.05) is 0 Å². The molecule has 6 heteroatoms. The van der Waals surface area contributed by atoms with E-state index >= 15 is 0 Å². The summed E-state index contributed by atoms with van der Waals surface area (Å²) in [6.07, 6.45) is 0. The average Bonchev–Trinajstić information content (AvgIpc) is 2.63. The Morgan fingerprint density at radius 2 is 1.72 bits per heavy atom. The Morgan fingerprint density at radius 1 is 1.00 bits per heavy atom. The molecule has 0 fully saturated rings. The Labute approximate surface area is 153 Å². The maximum Gasteiger partial charge on any atom is 0.328 e. The van der Waals surface area contributed by atoms with Gasteiger partial charge in [0.05, 0.1) is 5.69 Å². The summed E-state index contributed by atoms with van der Waals surface area (Å²) in [4.78, 5) is 24.0. The van der Waals surface area contributed by atoms with Crippen LogP contribution in [0.3, 0.4) is 0 Å². The first-order chi connectivity index (χ1) is 12.1. The van der Waals surface area contributed by atoms with Gasteiger partial charge in [0, 0.05) is 16.1 Å². The number of carbonyl (C=O) groups excluding carboxylic acids is 1. The van der Waals surface area contributed by atoms with Crippen molar-refractivity contribution in [3.8, 4) is 11.3 Å². The first-order valence-corrected chi connectivity index (χ1v) is 8.45. The SMILES string of the molecule is O=C(Cn1nc(-c2ccc(Br)cc2)ccc1=O)OCc1ccccc1. The highest BCUT2D eigenvalue weighted by Crippen LogP contribution is 2.18. The van der Waals surface area contributed by atoms with Crippen molar-refractivity contribution in [1.29, 1.82) is 0 Å². The highest BCUT2D eigenvalue weighted by molar-refractivity contribution is 9.10. The molecule has 1 heterocycles. The summed E-state index contributed by atoms with van der Waals surface area (Å²) in [5.41, 5.74) is 2.01. The highest BCUT2D eigenvalue weighted by atomic mass is 79.9. The molecule has 0 amide bonds. The third kappa shape index (κ3) is 4.64. The number of nitrogens with zero attached hydrogens (tertiary/aromatic N) is 2. The maximum atomic E-state index is 12.0. The minimum Gasteiger partial charge on any atom is -0.459 e. The second-order valence-corrected chi connectivity index (χ2v) is 6.28. The number of benzene rings is 2. The molecule has 0 aliphatic heterocycles. The van der Waals surface area contributed by atoms with Gasteiger partial charge < -0.3 is 4.74 Å². The lowest BCUT2D eigenvalue weighted by atomic mass is 10.1. The molecule has 0 aliphatic carbocycles. The Kier molecular flexibility index (Phi) is 5.40. The molecule has 0 spiro atoms. The van der Waals surface area contributed by atoms with E-state index < -0.39 is 5.97 Å². The van der Waals surface area contributed by atoms with E-state index in [1.807, 2.05) is 54.6 Å². The third-order valence-electron chi connectivity index (χ3n) is 3.53. The fraction of sp³-hybridized carbons (Fsp3) is 0.105. The number of hydrogen-bond acceptors (Lipinski definition) is 4. The molecule has 2 aromatic carbocycles. The summed E-state index contributed by atoms with van der Waals surface area (Å²) >= 11 is 3.38. The minimum absolute atomic E-state index is 0.167. The zero-order valence-electron chi connectivity index (χ0n) is 13.3. The second kappa shape index (κ2) is 7.90. The van der Waals surface area contributed by atoms with E-state index in [0.717, 1.165) is 20.3 Å². The number of ether oxygens (including phenoxy) is 1. The molecular formula is C19H15BrN2O3. The van der Waals surface area contributed by atoms with Crippen molar-refractivity contribution in [3.05, 3.63) is 87.1 Å². The number of esters is 1. The molecule has 3 rings (SSSR count). The minimum atomic E-state index is -0.508. The molecule has 0 unspecified atom stereocenters. The van der Waals surface area contributed by atoms with Gasteiger partial charge >= 0.3 is 5.97 Å². The summed E-state index contributed by atoms with van der Waals surface area (Å²) < 4.78 is 7.27. The Morgan fingerprint density at radius 3 is 2.44 bits per heavy atom. The van der Waals surface area contributed by atoms with Gasteiger partial charge in [-0.25, -0.2) is 4.68 Å². The molecule has 0 saturated heterocycles. The molecular weight excluding hydrogens is 384 g/mol. The van der Waals surface area contributed by atoms with Crippen LogP contribution in [0.2, 0.25) is 0 Å². The molecule has 126 valence electrons. The second-order valence-electron chi connectivity index (χ2n) is 5.37. The van der Waals surface area contributed by atoms with Gasteiger partial charge in [-0.1, -0.05) is 58.4 Å². The van der Waals surface area contributed by atoms with E-state index in [-0.39, 0.29) is 18.7 Å². The molecule has 3 aromatic rings. The van der Waals surface area contributed by atoms with Crippen LogP contribution in [0.1, 0.15) is 5.56 Å². The summed E-state index contributed by atoms with van der Waals surface area (Å²) in [7, 11) is 0. The average molecular weight is 399 g/mol. The summed E-state index contributed by atoms with van der Waals surface area (Å²) in [5, 5.41) is 4.26. The predicted octanol–water partition coefficient (Wildman–Crippen LogP) is 3.42. The lowest BCUT2D eigenvalue weighted by Gasteiger charge is -2.08. The lowest BCUT2D eigenvalue weighted by molar-refractivity contribution is -0.146. The number of aromatic nitrogens is 2. The van der Waals surface area contributed by atoms with Crippen molar-refractivity contribution in [2.24, 2.45) is 0 Å². The third-order valence-corrected chi connectivity index (χ3v) is 4.06. The number of rotatable bonds is 5. The topological polar surface area (TPSA) is 61.2 Å². The van der Waals surface area contributed by atoms with Crippen molar-refractivity contribution < 1.29 is 9.53 Å². The molecule has 0 saturated carbocycles. The number of hydrogen-bond donors (Lipinski definition) is 0. The van der Waals surface area contributed by atoms with Crippen molar-refractivity contribution in [2.45, 2.75) is 13.2 Å². The van der Waals surface area contributed by atoms with E-state index in [4.69, 9.17) is 4.74 Å². The fourth-order valence-electron chi connectivity index (χ4n) is 2.24. The van der Waals surface area contributed by atoms with Gasteiger partial charge in [-0.15, -0.1) is 0 Å². The van der Waals surface area contributed by atoms with Crippen LogP contribution in [-0.2, 0) is 22.7 Å². The van der Waals surface area contributed by atoms with Crippen LogP contribution in [0.4, 0.5) is 0 Å². The zero-order chi connectivity index (χ0) is 17.6. The normalized spacial score (nSPS) is 10.4. The van der Waals surface area contributed by atoms with Crippen LogP contribution in [0.15, 0.2) is 76.0 Å².